The molecule has 0 spiro atoms. The predicted octanol–water partition coefficient (Wildman–Crippen LogP) is 2.23. The molecule has 1 aromatic heterocycles. The molecule has 0 fully saturated rings. The number of hydrogen-bond acceptors (Lipinski definition) is 3. The SMILES string of the molecule is CCN(Cc1cccs1)C(=O)CCCCN. The molecule has 0 unspecified atom stereocenters. The Morgan fingerprint density at radius 1 is 1.50 bits per heavy atom. The number of nitrogens with zero attached hydrogens (tertiary/aromatic N) is 1. The Kier molecular flexibility index (Phi) is 6.11. The fourth-order valence-corrected chi connectivity index (χ4v) is 2.27. The van der Waals surface area contributed by atoms with Gasteiger partial charge in [-0.15, -0.1) is 11.3 Å². The average molecular weight is 240 g/mol. The number of nitrogens with two attached hydrogens (primary N) is 1. The lowest BCUT2D eigenvalue weighted by Gasteiger charge is -2.20. The summed E-state index contributed by atoms with van der Waals surface area (Å²) >= 11 is 1.70. The highest BCUT2D eigenvalue weighted by molar-refractivity contribution is 7.09. The van der Waals surface area contributed by atoms with Crippen molar-refractivity contribution in [1.29, 1.82) is 0 Å². The Morgan fingerprint density at radius 3 is 2.88 bits per heavy atom. The zero-order valence-corrected chi connectivity index (χ0v) is 10.6. The molecule has 4 heteroatoms. The summed E-state index contributed by atoms with van der Waals surface area (Å²) in [5, 5.41) is 2.04. The fraction of sp³-hybridized carbons (Fsp3) is 0.583. The van der Waals surface area contributed by atoms with Crippen molar-refractivity contribution in [3.05, 3.63) is 22.4 Å². The van der Waals surface area contributed by atoms with Crippen molar-refractivity contribution in [2.24, 2.45) is 5.73 Å². The topological polar surface area (TPSA) is 46.3 Å². The quantitative estimate of drug-likeness (QED) is 0.743. The predicted molar refractivity (Wildman–Crippen MR) is 68.3 cm³/mol. The van der Waals surface area contributed by atoms with Gasteiger partial charge in [-0.25, -0.2) is 0 Å². The number of carbonyl (C=O) groups excluding carboxylic acids is 1. The maximum Gasteiger partial charge on any atom is 0.222 e. The lowest BCUT2D eigenvalue weighted by atomic mass is 10.2. The minimum absolute atomic E-state index is 0.240. The van der Waals surface area contributed by atoms with Crippen LogP contribution in [-0.4, -0.2) is 23.9 Å². The van der Waals surface area contributed by atoms with E-state index in [9.17, 15) is 4.79 Å². The van der Waals surface area contributed by atoms with E-state index < -0.39 is 0 Å². The molecule has 1 amide bonds. The normalized spacial score (nSPS) is 10.4. The first kappa shape index (κ1) is 13.2. The first-order valence-electron chi connectivity index (χ1n) is 5.78. The summed E-state index contributed by atoms with van der Waals surface area (Å²) in [4.78, 5) is 15.0. The van der Waals surface area contributed by atoms with Gasteiger partial charge in [-0.1, -0.05) is 6.07 Å². The summed E-state index contributed by atoms with van der Waals surface area (Å²) in [7, 11) is 0. The van der Waals surface area contributed by atoms with Crippen LogP contribution in [0.25, 0.3) is 0 Å². The minimum Gasteiger partial charge on any atom is -0.338 e. The van der Waals surface area contributed by atoms with Crippen molar-refractivity contribution in [3.63, 3.8) is 0 Å². The maximum absolute atomic E-state index is 11.9. The van der Waals surface area contributed by atoms with Crippen molar-refractivity contribution >= 4 is 17.2 Å². The average Bonchev–Trinajstić information content (AvgIpc) is 2.78. The summed E-state index contributed by atoms with van der Waals surface area (Å²) in [5.74, 6) is 0.240. The molecule has 1 aromatic rings. The highest BCUT2D eigenvalue weighted by atomic mass is 32.1. The van der Waals surface area contributed by atoms with E-state index in [-0.39, 0.29) is 5.91 Å². The van der Waals surface area contributed by atoms with E-state index in [1.165, 1.54) is 4.88 Å². The van der Waals surface area contributed by atoms with Crippen LogP contribution in [0.1, 0.15) is 31.1 Å². The molecule has 0 bridgehead atoms. The van der Waals surface area contributed by atoms with Gasteiger partial charge in [-0.2, -0.15) is 0 Å². The monoisotopic (exact) mass is 240 g/mol. The Balaban J connectivity index is 2.38. The van der Waals surface area contributed by atoms with Crippen LogP contribution in [0.3, 0.4) is 0 Å². The number of rotatable bonds is 7. The summed E-state index contributed by atoms with van der Waals surface area (Å²) in [6, 6.07) is 4.09. The number of thiophene rings is 1. The van der Waals surface area contributed by atoms with Crippen molar-refractivity contribution in [2.45, 2.75) is 32.7 Å². The summed E-state index contributed by atoms with van der Waals surface area (Å²) in [6.07, 6.45) is 2.45. The molecular weight excluding hydrogens is 220 g/mol. The molecule has 0 aliphatic rings. The van der Waals surface area contributed by atoms with Gasteiger partial charge in [0, 0.05) is 17.8 Å². The van der Waals surface area contributed by atoms with Gasteiger partial charge < -0.3 is 10.6 Å². The van der Waals surface area contributed by atoms with Gasteiger partial charge in [0.1, 0.15) is 0 Å². The molecule has 0 aliphatic heterocycles. The molecule has 90 valence electrons. The smallest absolute Gasteiger partial charge is 0.222 e. The van der Waals surface area contributed by atoms with Crippen LogP contribution in [0, 0.1) is 0 Å². The number of carbonyl (C=O) groups is 1. The summed E-state index contributed by atoms with van der Waals surface area (Å²) in [6.45, 7) is 4.22. The summed E-state index contributed by atoms with van der Waals surface area (Å²) in [5.41, 5.74) is 5.41. The molecule has 1 rings (SSSR count). The molecule has 1 heterocycles. The van der Waals surface area contributed by atoms with E-state index in [0.29, 0.717) is 13.0 Å². The number of amides is 1. The third-order valence-corrected chi connectivity index (χ3v) is 3.37. The van der Waals surface area contributed by atoms with Gasteiger partial charge in [0.25, 0.3) is 0 Å². The second kappa shape index (κ2) is 7.41. The van der Waals surface area contributed by atoms with E-state index in [1.807, 2.05) is 23.3 Å². The molecule has 0 atom stereocenters. The Bertz CT molecular complexity index is 298. The van der Waals surface area contributed by atoms with Crippen molar-refractivity contribution in [2.75, 3.05) is 13.1 Å². The fourth-order valence-electron chi connectivity index (χ4n) is 1.55. The molecule has 0 saturated carbocycles. The molecule has 0 aromatic carbocycles. The van der Waals surface area contributed by atoms with Crippen LogP contribution in [0.5, 0.6) is 0 Å². The van der Waals surface area contributed by atoms with Crippen molar-refractivity contribution in [1.82, 2.24) is 4.90 Å². The van der Waals surface area contributed by atoms with E-state index in [2.05, 4.69) is 6.07 Å². The van der Waals surface area contributed by atoms with E-state index in [0.717, 1.165) is 25.9 Å². The van der Waals surface area contributed by atoms with Crippen LogP contribution < -0.4 is 5.73 Å². The molecule has 16 heavy (non-hydrogen) atoms. The van der Waals surface area contributed by atoms with Crippen molar-refractivity contribution < 1.29 is 4.79 Å². The molecule has 0 radical (unpaired) electrons. The van der Waals surface area contributed by atoms with Gasteiger partial charge >= 0.3 is 0 Å². The third-order valence-electron chi connectivity index (χ3n) is 2.51. The Morgan fingerprint density at radius 2 is 2.31 bits per heavy atom. The van der Waals surface area contributed by atoms with E-state index >= 15 is 0 Å². The first-order chi connectivity index (χ1) is 7.77. The molecule has 0 saturated heterocycles. The molecule has 3 nitrogen and oxygen atoms in total. The van der Waals surface area contributed by atoms with Gasteiger partial charge in [0.05, 0.1) is 6.54 Å². The second-order valence-electron chi connectivity index (χ2n) is 3.73. The van der Waals surface area contributed by atoms with Gasteiger partial charge in [0.15, 0.2) is 0 Å². The maximum atomic E-state index is 11.9. The Hall–Kier alpha value is -0.870. The largest absolute Gasteiger partial charge is 0.338 e. The van der Waals surface area contributed by atoms with Crippen LogP contribution in [0.4, 0.5) is 0 Å². The Labute approximate surface area is 101 Å². The van der Waals surface area contributed by atoms with Gasteiger partial charge in [-0.3, -0.25) is 4.79 Å². The molecular formula is C12H20N2OS. The van der Waals surface area contributed by atoms with Crippen LogP contribution in [0.15, 0.2) is 17.5 Å². The highest BCUT2D eigenvalue weighted by Crippen LogP contribution is 2.13. The van der Waals surface area contributed by atoms with Gasteiger partial charge in [-0.05, 0) is 37.8 Å². The van der Waals surface area contributed by atoms with Crippen LogP contribution in [0.2, 0.25) is 0 Å². The molecule has 0 aliphatic carbocycles. The van der Waals surface area contributed by atoms with E-state index in [4.69, 9.17) is 5.73 Å². The zero-order chi connectivity index (χ0) is 11.8. The minimum atomic E-state index is 0.240. The number of hydrogen-bond donors (Lipinski definition) is 1. The lowest BCUT2D eigenvalue weighted by molar-refractivity contribution is -0.131. The second-order valence-corrected chi connectivity index (χ2v) is 4.77. The highest BCUT2D eigenvalue weighted by Gasteiger charge is 2.11. The van der Waals surface area contributed by atoms with E-state index in [1.54, 1.807) is 11.3 Å². The zero-order valence-electron chi connectivity index (χ0n) is 9.82. The summed E-state index contributed by atoms with van der Waals surface area (Å²) < 4.78 is 0. The first-order valence-corrected chi connectivity index (χ1v) is 6.66. The van der Waals surface area contributed by atoms with Gasteiger partial charge in [0.2, 0.25) is 5.91 Å². The van der Waals surface area contributed by atoms with Crippen molar-refractivity contribution in [3.8, 4) is 0 Å². The standard InChI is InChI=1S/C12H20N2OS/c1-2-14(10-11-6-5-9-16-11)12(15)7-3-4-8-13/h5-6,9H,2-4,7-8,10,13H2,1H3. The van der Waals surface area contributed by atoms with Crippen LogP contribution in [-0.2, 0) is 11.3 Å². The number of unbranched alkanes of at least 4 members (excludes halogenated alkanes) is 1. The van der Waals surface area contributed by atoms with Crippen LogP contribution >= 0.6 is 11.3 Å². The molecule has 2 N–H and O–H groups in total. The lowest BCUT2D eigenvalue weighted by Crippen LogP contribution is -2.29. The third kappa shape index (κ3) is 4.33.